The van der Waals surface area contributed by atoms with E-state index in [1.54, 1.807) is 0 Å². The van der Waals surface area contributed by atoms with Gasteiger partial charge in [0.05, 0.1) is 0 Å². The Bertz CT molecular complexity index is 419. The number of rotatable bonds is 5. The Labute approximate surface area is 115 Å². The number of carbonyl (C=O) groups excluding carboxylic acids is 1. The van der Waals surface area contributed by atoms with Crippen molar-refractivity contribution in [3.8, 4) is 0 Å². The summed E-state index contributed by atoms with van der Waals surface area (Å²) in [4.78, 5) is 11.8. The number of nitrogens with two attached hydrogens (primary N) is 1. The maximum atomic E-state index is 11.8. The second-order valence-corrected chi connectivity index (χ2v) is 6.04. The summed E-state index contributed by atoms with van der Waals surface area (Å²) in [6.07, 6.45) is 6.43. The number of anilines is 1. The summed E-state index contributed by atoms with van der Waals surface area (Å²) in [6, 6.07) is 7.74. The van der Waals surface area contributed by atoms with E-state index in [1.807, 2.05) is 24.3 Å². The summed E-state index contributed by atoms with van der Waals surface area (Å²) in [7, 11) is 0. The number of nitrogen functional groups attached to an aromatic ring is 1. The first-order valence-corrected chi connectivity index (χ1v) is 7.19. The quantitative estimate of drug-likeness (QED) is 0.800. The maximum Gasteiger partial charge on any atom is 0.220 e. The predicted octanol–water partition coefficient (Wildman–Crippen LogP) is 2.90. The zero-order valence-electron chi connectivity index (χ0n) is 11.7. The molecule has 0 radical (unpaired) electrons. The molecule has 3 heteroatoms. The third-order valence-corrected chi connectivity index (χ3v) is 4.14. The molecular formula is C16H24N2O. The lowest BCUT2D eigenvalue weighted by molar-refractivity contribution is -0.121. The molecule has 1 fully saturated rings. The molecule has 0 unspecified atom stereocenters. The number of benzene rings is 1. The van der Waals surface area contributed by atoms with Gasteiger partial charge in [-0.25, -0.2) is 0 Å². The highest BCUT2D eigenvalue weighted by Gasteiger charge is 2.28. The fourth-order valence-electron chi connectivity index (χ4n) is 2.75. The molecule has 19 heavy (non-hydrogen) atoms. The minimum absolute atomic E-state index is 0.157. The number of nitrogens with one attached hydrogen (secondary N) is 1. The molecule has 2 rings (SSSR count). The lowest BCUT2D eigenvalue weighted by atomic mass is 9.89. The van der Waals surface area contributed by atoms with Crippen molar-refractivity contribution < 1.29 is 4.79 Å². The van der Waals surface area contributed by atoms with E-state index in [4.69, 9.17) is 5.73 Å². The molecule has 0 bridgehead atoms. The molecule has 0 aliphatic heterocycles. The molecule has 3 nitrogen and oxygen atoms in total. The normalized spacial score (nSPS) is 17.3. The molecule has 0 spiro atoms. The van der Waals surface area contributed by atoms with Gasteiger partial charge >= 0.3 is 0 Å². The van der Waals surface area contributed by atoms with E-state index in [2.05, 4.69) is 12.2 Å². The number of hydrogen-bond donors (Lipinski definition) is 2. The van der Waals surface area contributed by atoms with E-state index in [0.29, 0.717) is 11.8 Å². The molecule has 0 aromatic heterocycles. The van der Waals surface area contributed by atoms with Gasteiger partial charge in [-0.05, 0) is 42.4 Å². The van der Waals surface area contributed by atoms with Crippen LogP contribution in [-0.4, -0.2) is 12.5 Å². The lowest BCUT2D eigenvalue weighted by Gasteiger charge is -2.23. The Morgan fingerprint density at radius 1 is 1.26 bits per heavy atom. The van der Waals surface area contributed by atoms with Crippen LogP contribution >= 0.6 is 0 Å². The molecule has 1 aromatic carbocycles. The first kappa shape index (κ1) is 13.9. The van der Waals surface area contributed by atoms with Gasteiger partial charge in [-0.3, -0.25) is 4.79 Å². The Morgan fingerprint density at radius 3 is 2.53 bits per heavy atom. The highest BCUT2D eigenvalue weighted by molar-refractivity contribution is 5.76. The van der Waals surface area contributed by atoms with Crippen molar-refractivity contribution in [1.82, 2.24) is 5.32 Å². The highest BCUT2D eigenvalue weighted by Crippen LogP contribution is 2.36. The summed E-state index contributed by atoms with van der Waals surface area (Å²) in [5, 5.41) is 3.08. The lowest BCUT2D eigenvalue weighted by Crippen LogP contribution is -2.34. The van der Waals surface area contributed by atoms with Crippen LogP contribution in [-0.2, 0) is 11.2 Å². The summed E-state index contributed by atoms with van der Waals surface area (Å²) in [6.45, 7) is 3.10. The molecule has 0 atom stereocenters. The molecule has 1 aromatic rings. The van der Waals surface area contributed by atoms with E-state index < -0.39 is 0 Å². The van der Waals surface area contributed by atoms with Crippen LogP contribution in [0.15, 0.2) is 24.3 Å². The van der Waals surface area contributed by atoms with Crippen LogP contribution in [0.3, 0.4) is 0 Å². The molecule has 1 aliphatic rings. The largest absolute Gasteiger partial charge is 0.399 e. The van der Waals surface area contributed by atoms with Crippen LogP contribution in [0, 0.1) is 5.41 Å². The van der Waals surface area contributed by atoms with E-state index in [0.717, 1.165) is 24.2 Å². The topological polar surface area (TPSA) is 55.1 Å². The van der Waals surface area contributed by atoms with Crippen molar-refractivity contribution in [1.29, 1.82) is 0 Å². The van der Waals surface area contributed by atoms with Gasteiger partial charge in [-0.15, -0.1) is 0 Å². The van der Waals surface area contributed by atoms with Gasteiger partial charge in [0.2, 0.25) is 5.91 Å². The van der Waals surface area contributed by atoms with Gasteiger partial charge in [-0.1, -0.05) is 31.9 Å². The molecule has 1 saturated carbocycles. The Kier molecular flexibility index (Phi) is 4.46. The average molecular weight is 260 g/mol. The number of hydrogen-bond acceptors (Lipinski definition) is 2. The van der Waals surface area contributed by atoms with Gasteiger partial charge in [0.1, 0.15) is 0 Å². The van der Waals surface area contributed by atoms with E-state index in [-0.39, 0.29) is 5.91 Å². The second-order valence-electron chi connectivity index (χ2n) is 6.04. The van der Waals surface area contributed by atoms with Crippen molar-refractivity contribution in [2.24, 2.45) is 5.41 Å². The van der Waals surface area contributed by atoms with Crippen molar-refractivity contribution in [2.45, 2.75) is 45.4 Å². The number of amides is 1. The van der Waals surface area contributed by atoms with Crippen molar-refractivity contribution in [3.05, 3.63) is 29.8 Å². The van der Waals surface area contributed by atoms with Crippen molar-refractivity contribution in [3.63, 3.8) is 0 Å². The molecule has 1 aliphatic carbocycles. The summed E-state index contributed by atoms with van der Waals surface area (Å²) >= 11 is 0. The number of aryl methyl sites for hydroxylation is 1. The van der Waals surface area contributed by atoms with Gasteiger partial charge in [-0.2, -0.15) is 0 Å². The first-order chi connectivity index (χ1) is 9.07. The van der Waals surface area contributed by atoms with Crippen LogP contribution in [0.5, 0.6) is 0 Å². The predicted molar refractivity (Wildman–Crippen MR) is 78.8 cm³/mol. The third-order valence-electron chi connectivity index (χ3n) is 4.14. The average Bonchev–Trinajstić information content (AvgIpc) is 2.83. The standard InChI is InChI=1S/C16H24N2O/c1-16(10-2-3-11-16)12-18-15(19)9-6-13-4-7-14(17)8-5-13/h4-5,7-8H,2-3,6,9-12,17H2,1H3,(H,18,19). The molecule has 3 N–H and O–H groups in total. The van der Waals surface area contributed by atoms with Crippen LogP contribution in [0.4, 0.5) is 5.69 Å². The molecule has 104 valence electrons. The summed E-state index contributed by atoms with van der Waals surface area (Å²) in [5.74, 6) is 0.157. The van der Waals surface area contributed by atoms with E-state index in [9.17, 15) is 4.79 Å². The summed E-state index contributed by atoms with van der Waals surface area (Å²) in [5.41, 5.74) is 7.90. The van der Waals surface area contributed by atoms with Crippen LogP contribution in [0.2, 0.25) is 0 Å². The van der Waals surface area contributed by atoms with Gasteiger partial charge in [0.25, 0.3) is 0 Å². The zero-order valence-corrected chi connectivity index (χ0v) is 11.7. The summed E-state index contributed by atoms with van der Waals surface area (Å²) < 4.78 is 0. The van der Waals surface area contributed by atoms with Gasteiger partial charge < -0.3 is 11.1 Å². The van der Waals surface area contributed by atoms with Crippen molar-refractivity contribution in [2.75, 3.05) is 12.3 Å². The van der Waals surface area contributed by atoms with Gasteiger partial charge in [0.15, 0.2) is 0 Å². The maximum absolute atomic E-state index is 11.8. The van der Waals surface area contributed by atoms with Crippen LogP contribution < -0.4 is 11.1 Å². The highest BCUT2D eigenvalue weighted by atomic mass is 16.1. The Morgan fingerprint density at radius 2 is 1.89 bits per heavy atom. The molecule has 0 heterocycles. The fraction of sp³-hybridized carbons (Fsp3) is 0.562. The monoisotopic (exact) mass is 260 g/mol. The molecule has 0 saturated heterocycles. The van der Waals surface area contributed by atoms with Crippen LogP contribution in [0.1, 0.15) is 44.6 Å². The third kappa shape index (κ3) is 4.27. The Hall–Kier alpha value is -1.51. The fourth-order valence-corrected chi connectivity index (χ4v) is 2.75. The van der Waals surface area contributed by atoms with Crippen molar-refractivity contribution >= 4 is 11.6 Å². The van der Waals surface area contributed by atoms with Crippen LogP contribution in [0.25, 0.3) is 0 Å². The SMILES string of the molecule is CC1(CNC(=O)CCc2ccc(N)cc2)CCCC1. The second kappa shape index (κ2) is 6.09. The smallest absolute Gasteiger partial charge is 0.220 e. The first-order valence-electron chi connectivity index (χ1n) is 7.19. The zero-order chi connectivity index (χ0) is 13.7. The Balaban J connectivity index is 1.71. The number of carbonyl (C=O) groups is 1. The minimum Gasteiger partial charge on any atom is -0.399 e. The molecule has 1 amide bonds. The van der Waals surface area contributed by atoms with E-state index >= 15 is 0 Å². The van der Waals surface area contributed by atoms with E-state index in [1.165, 1.54) is 25.7 Å². The van der Waals surface area contributed by atoms with Gasteiger partial charge in [0, 0.05) is 18.7 Å². The molecular weight excluding hydrogens is 236 g/mol. The minimum atomic E-state index is 0.157.